The van der Waals surface area contributed by atoms with Crippen LogP contribution in [-0.4, -0.2) is 18.4 Å². The van der Waals surface area contributed by atoms with Crippen molar-refractivity contribution < 1.29 is 14.3 Å². The van der Waals surface area contributed by atoms with Gasteiger partial charge in [0.2, 0.25) is 5.78 Å². The summed E-state index contributed by atoms with van der Waals surface area (Å²) in [4.78, 5) is 25.1. The van der Waals surface area contributed by atoms with Gasteiger partial charge in [-0.05, 0) is 92.5 Å². The van der Waals surface area contributed by atoms with Gasteiger partial charge in [-0.2, -0.15) is 0 Å². The van der Waals surface area contributed by atoms with E-state index in [1.54, 1.807) is 12.1 Å². The number of rotatable bonds is 6. The second-order valence-corrected chi connectivity index (χ2v) is 7.43. The lowest BCUT2D eigenvalue weighted by Gasteiger charge is -2.17. The molecule has 0 amide bonds. The third kappa shape index (κ3) is 4.29. The Morgan fingerprint density at radius 3 is 1.81 bits per heavy atom. The highest BCUT2D eigenvalue weighted by Crippen LogP contribution is 2.26. The standard InChI is InChI=1S/C24H30O3/c1-8-14(2)20-9-11-21(12-10-20)24(26)27-13-22(25)23-18(6)16(4)15(3)17(5)19(23)7/h9-12,14H,8,13H2,1-7H3. The van der Waals surface area contributed by atoms with Crippen molar-refractivity contribution in [2.24, 2.45) is 0 Å². The van der Waals surface area contributed by atoms with Gasteiger partial charge in [0.15, 0.2) is 6.61 Å². The summed E-state index contributed by atoms with van der Waals surface area (Å²) in [5.41, 5.74) is 7.72. The van der Waals surface area contributed by atoms with Gasteiger partial charge >= 0.3 is 5.97 Å². The van der Waals surface area contributed by atoms with Gasteiger partial charge in [0.25, 0.3) is 0 Å². The summed E-state index contributed by atoms with van der Waals surface area (Å²) < 4.78 is 5.30. The van der Waals surface area contributed by atoms with Crippen LogP contribution in [-0.2, 0) is 4.74 Å². The third-order valence-electron chi connectivity index (χ3n) is 5.94. The van der Waals surface area contributed by atoms with Crippen molar-refractivity contribution in [3.63, 3.8) is 0 Å². The van der Waals surface area contributed by atoms with Crippen molar-refractivity contribution in [1.29, 1.82) is 0 Å². The molecule has 0 saturated heterocycles. The number of ether oxygens (including phenoxy) is 1. The molecule has 0 fully saturated rings. The summed E-state index contributed by atoms with van der Waals surface area (Å²) in [5.74, 6) is -0.161. The zero-order valence-corrected chi connectivity index (χ0v) is 17.5. The Morgan fingerprint density at radius 2 is 1.33 bits per heavy atom. The first-order valence-electron chi connectivity index (χ1n) is 9.56. The van der Waals surface area contributed by atoms with Crippen LogP contribution >= 0.6 is 0 Å². The molecule has 0 N–H and O–H groups in total. The van der Waals surface area contributed by atoms with E-state index >= 15 is 0 Å². The van der Waals surface area contributed by atoms with Crippen LogP contribution < -0.4 is 0 Å². The van der Waals surface area contributed by atoms with E-state index in [0.29, 0.717) is 17.0 Å². The second-order valence-electron chi connectivity index (χ2n) is 7.43. The van der Waals surface area contributed by atoms with Crippen molar-refractivity contribution in [3.8, 4) is 0 Å². The lowest BCUT2D eigenvalue weighted by atomic mass is 9.88. The molecule has 144 valence electrons. The molecule has 0 spiro atoms. The zero-order chi connectivity index (χ0) is 20.3. The number of Topliss-reactive ketones (excluding diaryl/α,β-unsaturated/α-hetero) is 1. The average Bonchev–Trinajstić information content (AvgIpc) is 2.68. The largest absolute Gasteiger partial charge is 0.454 e. The van der Waals surface area contributed by atoms with Crippen LogP contribution in [0.1, 0.15) is 80.3 Å². The lowest BCUT2D eigenvalue weighted by molar-refractivity contribution is 0.0474. The molecule has 0 aromatic heterocycles. The highest BCUT2D eigenvalue weighted by Gasteiger charge is 2.20. The molecule has 1 unspecified atom stereocenters. The number of carbonyl (C=O) groups excluding carboxylic acids is 2. The molecule has 0 heterocycles. The maximum absolute atomic E-state index is 12.7. The smallest absolute Gasteiger partial charge is 0.338 e. The van der Waals surface area contributed by atoms with E-state index in [2.05, 4.69) is 20.8 Å². The molecule has 27 heavy (non-hydrogen) atoms. The molecule has 0 saturated carbocycles. The summed E-state index contributed by atoms with van der Waals surface area (Å²) in [6.45, 7) is 14.1. The third-order valence-corrected chi connectivity index (χ3v) is 5.94. The molecular weight excluding hydrogens is 336 g/mol. The summed E-state index contributed by atoms with van der Waals surface area (Å²) in [7, 11) is 0. The summed E-state index contributed by atoms with van der Waals surface area (Å²) in [6, 6.07) is 7.44. The van der Waals surface area contributed by atoms with Gasteiger partial charge in [0.1, 0.15) is 0 Å². The van der Waals surface area contributed by atoms with Crippen LogP contribution in [0.5, 0.6) is 0 Å². The molecule has 1 atom stereocenters. The number of ketones is 1. The van der Waals surface area contributed by atoms with Gasteiger partial charge in [-0.15, -0.1) is 0 Å². The minimum atomic E-state index is -0.463. The van der Waals surface area contributed by atoms with E-state index in [1.807, 2.05) is 39.8 Å². The molecular formula is C24H30O3. The molecule has 0 bridgehead atoms. The van der Waals surface area contributed by atoms with Crippen molar-refractivity contribution in [1.82, 2.24) is 0 Å². The number of hydrogen-bond acceptors (Lipinski definition) is 3. The molecule has 2 aromatic carbocycles. The van der Waals surface area contributed by atoms with Crippen LogP contribution in [0.25, 0.3) is 0 Å². The van der Waals surface area contributed by atoms with E-state index in [-0.39, 0.29) is 12.4 Å². The number of esters is 1. The highest BCUT2D eigenvalue weighted by atomic mass is 16.5. The average molecular weight is 367 g/mol. The Morgan fingerprint density at radius 1 is 0.852 bits per heavy atom. The first kappa shape index (κ1) is 20.9. The number of hydrogen-bond donors (Lipinski definition) is 0. The van der Waals surface area contributed by atoms with E-state index in [9.17, 15) is 9.59 Å². The van der Waals surface area contributed by atoms with E-state index in [4.69, 9.17) is 4.74 Å². The van der Waals surface area contributed by atoms with Crippen LogP contribution in [0.3, 0.4) is 0 Å². The maximum Gasteiger partial charge on any atom is 0.338 e. The van der Waals surface area contributed by atoms with Crippen LogP contribution in [0.15, 0.2) is 24.3 Å². The zero-order valence-electron chi connectivity index (χ0n) is 17.5. The van der Waals surface area contributed by atoms with Crippen molar-refractivity contribution in [2.75, 3.05) is 6.61 Å². The molecule has 0 aliphatic carbocycles. The monoisotopic (exact) mass is 366 g/mol. The van der Waals surface area contributed by atoms with Gasteiger partial charge in [0, 0.05) is 5.56 Å². The fourth-order valence-electron chi connectivity index (χ4n) is 3.39. The highest BCUT2D eigenvalue weighted by molar-refractivity contribution is 6.02. The first-order chi connectivity index (χ1) is 12.7. The van der Waals surface area contributed by atoms with Crippen LogP contribution in [0.2, 0.25) is 0 Å². The quantitative estimate of drug-likeness (QED) is 0.480. The minimum absolute atomic E-state index is 0.152. The maximum atomic E-state index is 12.7. The molecule has 3 heteroatoms. The van der Waals surface area contributed by atoms with E-state index in [0.717, 1.165) is 28.7 Å². The van der Waals surface area contributed by atoms with Crippen LogP contribution in [0, 0.1) is 34.6 Å². The predicted octanol–water partition coefficient (Wildman–Crippen LogP) is 5.78. The number of carbonyl (C=O) groups is 2. The predicted molar refractivity (Wildman–Crippen MR) is 110 cm³/mol. The molecule has 2 rings (SSSR count). The van der Waals surface area contributed by atoms with Crippen LogP contribution in [0.4, 0.5) is 0 Å². The fraction of sp³-hybridized carbons (Fsp3) is 0.417. The molecule has 0 aliphatic heterocycles. The molecule has 0 aliphatic rings. The van der Waals surface area contributed by atoms with Gasteiger partial charge in [-0.25, -0.2) is 4.79 Å². The Balaban J connectivity index is 2.13. The second kappa shape index (κ2) is 8.51. The Bertz CT molecular complexity index is 831. The molecule has 0 radical (unpaired) electrons. The minimum Gasteiger partial charge on any atom is -0.454 e. The summed E-state index contributed by atoms with van der Waals surface area (Å²) >= 11 is 0. The lowest BCUT2D eigenvalue weighted by Crippen LogP contribution is -2.18. The molecule has 2 aromatic rings. The first-order valence-corrected chi connectivity index (χ1v) is 9.56. The topological polar surface area (TPSA) is 43.4 Å². The van der Waals surface area contributed by atoms with Crippen molar-refractivity contribution in [2.45, 2.75) is 60.8 Å². The van der Waals surface area contributed by atoms with Gasteiger partial charge in [-0.1, -0.05) is 26.0 Å². The summed E-state index contributed by atoms with van der Waals surface area (Å²) in [6.07, 6.45) is 1.05. The SMILES string of the molecule is CCC(C)c1ccc(C(=O)OCC(=O)c2c(C)c(C)c(C)c(C)c2C)cc1. The van der Waals surface area contributed by atoms with Crippen molar-refractivity contribution in [3.05, 3.63) is 68.8 Å². The molecule has 3 nitrogen and oxygen atoms in total. The van der Waals surface area contributed by atoms with E-state index < -0.39 is 5.97 Å². The van der Waals surface area contributed by atoms with Gasteiger partial charge in [0.05, 0.1) is 5.56 Å². The van der Waals surface area contributed by atoms with Crippen molar-refractivity contribution >= 4 is 11.8 Å². The van der Waals surface area contributed by atoms with E-state index in [1.165, 1.54) is 11.1 Å². The number of benzene rings is 2. The summed E-state index contributed by atoms with van der Waals surface area (Å²) in [5, 5.41) is 0. The van der Waals surface area contributed by atoms with Gasteiger partial charge in [-0.3, -0.25) is 4.79 Å². The van der Waals surface area contributed by atoms with Gasteiger partial charge < -0.3 is 4.74 Å². The fourth-order valence-corrected chi connectivity index (χ4v) is 3.39. The Kier molecular flexibility index (Phi) is 6.59. The normalized spacial score (nSPS) is 12.0. The Hall–Kier alpha value is -2.42. The Labute approximate surface area is 162 Å².